The van der Waals surface area contributed by atoms with Gasteiger partial charge >= 0.3 is 0 Å². The Kier molecular flexibility index (Phi) is 6.51. The highest BCUT2D eigenvalue weighted by atomic mass is 16.5. The van der Waals surface area contributed by atoms with E-state index >= 15 is 0 Å². The first kappa shape index (κ1) is 15.5. The molecule has 112 valence electrons. The third kappa shape index (κ3) is 4.89. The molecule has 2 unspecified atom stereocenters. The molecule has 2 rings (SSSR count). The average Bonchev–Trinajstić information content (AvgIpc) is 2.48. The maximum atomic E-state index is 5.63. The van der Waals surface area contributed by atoms with E-state index in [1.165, 1.54) is 5.56 Å². The van der Waals surface area contributed by atoms with Crippen molar-refractivity contribution in [3.05, 3.63) is 35.9 Å². The molecule has 0 saturated carbocycles. The minimum absolute atomic E-state index is 0.555. The Morgan fingerprint density at radius 2 is 2.05 bits per heavy atom. The molecule has 0 bridgehead atoms. The fourth-order valence-corrected chi connectivity index (χ4v) is 2.77. The number of nitrogens with one attached hydrogen (secondary N) is 1. The van der Waals surface area contributed by atoms with Crippen molar-refractivity contribution >= 4 is 0 Å². The Balaban J connectivity index is 1.78. The Labute approximate surface area is 123 Å². The monoisotopic (exact) mass is 276 g/mol. The topological polar surface area (TPSA) is 24.5 Å². The zero-order valence-corrected chi connectivity index (χ0v) is 12.8. The van der Waals surface area contributed by atoms with E-state index in [0.29, 0.717) is 12.1 Å². The van der Waals surface area contributed by atoms with Crippen molar-refractivity contribution in [1.29, 1.82) is 0 Å². The average molecular weight is 276 g/mol. The van der Waals surface area contributed by atoms with E-state index in [4.69, 9.17) is 4.74 Å². The normalized spacial score (nSPS) is 23.9. The summed E-state index contributed by atoms with van der Waals surface area (Å²) in [6.45, 7) is 9.43. The van der Waals surface area contributed by atoms with Gasteiger partial charge in [0.1, 0.15) is 0 Å². The van der Waals surface area contributed by atoms with Gasteiger partial charge in [-0.1, -0.05) is 37.3 Å². The lowest BCUT2D eigenvalue weighted by Gasteiger charge is -2.38. The molecule has 1 aromatic carbocycles. The molecule has 3 heteroatoms. The van der Waals surface area contributed by atoms with Crippen molar-refractivity contribution < 1.29 is 4.74 Å². The minimum Gasteiger partial charge on any atom is -0.380 e. The van der Waals surface area contributed by atoms with Crippen LogP contribution < -0.4 is 5.32 Å². The van der Waals surface area contributed by atoms with Gasteiger partial charge in [0.2, 0.25) is 0 Å². The second kappa shape index (κ2) is 8.40. The van der Waals surface area contributed by atoms with Gasteiger partial charge in [-0.2, -0.15) is 0 Å². The summed E-state index contributed by atoms with van der Waals surface area (Å²) < 4.78 is 5.63. The molecule has 1 aromatic rings. The predicted octanol–water partition coefficient (Wildman–Crippen LogP) is 2.32. The molecule has 0 radical (unpaired) electrons. The number of ether oxygens (including phenoxy) is 1. The maximum absolute atomic E-state index is 5.63. The Hall–Kier alpha value is -0.900. The summed E-state index contributed by atoms with van der Waals surface area (Å²) in [6.07, 6.45) is 2.22. The molecule has 0 aromatic heterocycles. The zero-order chi connectivity index (χ0) is 14.2. The number of benzene rings is 1. The number of piperazine rings is 1. The van der Waals surface area contributed by atoms with Crippen LogP contribution >= 0.6 is 0 Å². The summed E-state index contributed by atoms with van der Waals surface area (Å²) in [5.41, 5.74) is 1.42. The molecular formula is C17H28N2O. The highest BCUT2D eigenvalue weighted by molar-refractivity contribution is 5.16. The minimum atomic E-state index is 0.555. The lowest BCUT2D eigenvalue weighted by molar-refractivity contribution is 0.0705. The molecule has 1 heterocycles. The van der Waals surface area contributed by atoms with Crippen LogP contribution in [0.15, 0.2) is 30.3 Å². The van der Waals surface area contributed by atoms with Gasteiger partial charge in [0.25, 0.3) is 0 Å². The van der Waals surface area contributed by atoms with Crippen molar-refractivity contribution in [2.45, 2.75) is 38.8 Å². The van der Waals surface area contributed by atoms with Crippen molar-refractivity contribution in [2.75, 3.05) is 32.8 Å². The van der Waals surface area contributed by atoms with E-state index in [2.05, 4.69) is 54.4 Å². The molecule has 1 aliphatic heterocycles. The van der Waals surface area contributed by atoms with Crippen LogP contribution in [0, 0.1) is 0 Å². The lowest BCUT2D eigenvalue weighted by atomic mass is 10.0. The van der Waals surface area contributed by atoms with Crippen molar-refractivity contribution in [2.24, 2.45) is 0 Å². The molecule has 2 atom stereocenters. The summed E-state index contributed by atoms with van der Waals surface area (Å²) in [7, 11) is 0. The molecule has 20 heavy (non-hydrogen) atoms. The third-order valence-electron chi connectivity index (χ3n) is 3.98. The van der Waals surface area contributed by atoms with Crippen LogP contribution in [0.3, 0.4) is 0 Å². The van der Waals surface area contributed by atoms with Crippen LogP contribution in [0.25, 0.3) is 0 Å². The van der Waals surface area contributed by atoms with Gasteiger partial charge in [-0.05, 0) is 25.3 Å². The van der Waals surface area contributed by atoms with Crippen molar-refractivity contribution in [1.82, 2.24) is 10.2 Å². The number of nitrogens with zero attached hydrogens (tertiary/aromatic N) is 1. The standard InChI is InChI=1S/C17H28N2O/c1-3-10-20-11-9-19-14-17(18-13-15(19)2)12-16-7-5-4-6-8-16/h4-8,15,17-18H,3,9-14H2,1-2H3. The Bertz CT molecular complexity index is 369. The predicted molar refractivity (Wildman–Crippen MR) is 84.1 cm³/mol. The van der Waals surface area contributed by atoms with E-state index < -0.39 is 0 Å². The Morgan fingerprint density at radius 1 is 1.25 bits per heavy atom. The Morgan fingerprint density at radius 3 is 2.80 bits per heavy atom. The first-order valence-corrected chi connectivity index (χ1v) is 7.88. The summed E-state index contributed by atoms with van der Waals surface area (Å²) in [4.78, 5) is 2.56. The van der Waals surface area contributed by atoms with Gasteiger partial charge < -0.3 is 10.1 Å². The second-order valence-electron chi connectivity index (χ2n) is 5.75. The molecule has 1 aliphatic rings. The summed E-state index contributed by atoms with van der Waals surface area (Å²) in [5, 5.41) is 3.67. The van der Waals surface area contributed by atoms with Crippen LogP contribution in [0.5, 0.6) is 0 Å². The van der Waals surface area contributed by atoms with Crippen molar-refractivity contribution in [3.63, 3.8) is 0 Å². The molecule has 1 saturated heterocycles. The van der Waals surface area contributed by atoms with E-state index in [-0.39, 0.29) is 0 Å². The molecule has 3 nitrogen and oxygen atoms in total. The van der Waals surface area contributed by atoms with E-state index in [9.17, 15) is 0 Å². The van der Waals surface area contributed by atoms with Crippen LogP contribution in [0.1, 0.15) is 25.8 Å². The summed E-state index contributed by atoms with van der Waals surface area (Å²) in [5.74, 6) is 0. The fraction of sp³-hybridized carbons (Fsp3) is 0.647. The first-order valence-electron chi connectivity index (χ1n) is 7.88. The number of rotatable bonds is 7. The zero-order valence-electron chi connectivity index (χ0n) is 12.8. The molecule has 0 aliphatic carbocycles. The third-order valence-corrected chi connectivity index (χ3v) is 3.98. The van der Waals surface area contributed by atoms with E-state index in [1.54, 1.807) is 0 Å². The number of hydrogen-bond donors (Lipinski definition) is 1. The number of hydrogen-bond acceptors (Lipinski definition) is 3. The van der Waals surface area contributed by atoms with Crippen LogP contribution in [0.4, 0.5) is 0 Å². The summed E-state index contributed by atoms with van der Waals surface area (Å²) in [6, 6.07) is 11.9. The second-order valence-corrected chi connectivity index (χ2v) is 5.75. The first-order chi connectivity index (χ1) is 9.79. The van der Waals surface area contributed by atoms with Crippen molar-refractivity contribution in [3.8, 4) is 0 Å². The maximum Gasteiger partial charge on any atom is 0.0593 e. The molecule has 0 amide bonds. The highest BCUT2D eigenvalue weighted by Gasteiger charge is 2.24. The van der Waals surface area contributed by atoms with Crippen LogP contribution in [-0.2, 0) is 11.2 Å². The van der Waals surface area contributed by atoms with E-state index in [0.717, 1.165) is 45.7 Å². The quantitative estimate of drug-likeness (QED) is 0.774. The smallest absolute Gasteiger partial charge is 0.0593 e. The van der Waals surface area contributed by atoms with E-state index in [1.807, 2.05) is 0 Å². The van der Waals surface area contributed by atoms with Gasteiger partial charge in [-0.25, -0.2) is 0 Å². The van der Waals surface area contributed by atoms with Gasteiger partial charge in [0.05, 0.1) is 6.61 Å². The molecular weight excluding hydrogens is 248 g/mol. The van der Waals surface area contributed by atoms with Crippen LogP contribution in [-0.4, -0.2) is 49.8 Å². The SMILES string of the molecule is CCCOCCN1CC(Cc2ccccc2)NCC1C. The van der Waals surface area contributed by atoms with Gasteiger partial charge in [-0.15, -0.1) is 0 Å². The molecule has 1 N–H and O–H groups in total. The van der Waals surface area contributed by atoms with Gasteiger partial charge in [0, 0.05) is 38.3 Å². The summed E-state index contributed by atoms with van der Waals surface area (Å²) >= 11 is 0. The van der Waals surface area contributed by atoms with Crippen LogP contribution in [0.2, 0.25) is 0 Å². The highest BCUT2D eigenvalue weighted by Crippen LogP contribution is 2.11. The lowest BCUT2D eigenvalue weighted by Crippen LogP contribution is -2.56. The largest absolute Gasteiger partial charge is 0.380 e. The van der Waals surface area contributed by atoms with Gasteiger partial charge in [0.15, 0.2) is 0 Å². The molecule has 1 fully saturated rings. The molecule has 0 spiro atoms. The fourth-order valence-electron chi connectivity index (χ4n) is 2.77. The van der Waals surface area contributed by atoms with Gasteiger partial charge in [-0.3, -0.25) is 4.90 Å².